The molecule has 1 aliphatic carbocycles. The average molecular weight is 313 g/mol. The average Bonchev–Trinajstić information content (AvgIpc) is 2.37. The molecule has 0 heterocycles. The molecule has 0 spiro atoms. The highest BCUT2D eigenvalue weighted by molar-refractivity contribution is 9.10. The highest BCUT2D eigenvalue weighted by Crippen LogP contribution is 2.28. The van der Waals surface area contributed by atoms with Crippen LogP contribution in [0.2, 0.25) is 0 Å². The molecule has 1 fully saturated rings. The molecule has 1 aromatic rings. The molecule has 0 aromatic heterocycles. The lowest BCUT2D eigenvalue weighted by Crippen LogP contribution is -2.21. The van der Waals surface area contributed by atoms with Crippen molar-refractivity contribution in [2.24, 2.45) is 5.92 Å². The van der Waals surface area contributed by atoms with Gasteiger partial charge in [-0.25, -0.2) is 0 Å². The molecule has 18 heavy (non-hydrogen) atoms. The van der Waals surface area contributed by atoms with Gasteiger partial charge in [0.05, 0.1) is 24.3 Å². The van der Waals surface area contributed by atoms with Gasteiger partial charge >= 0.3 is 0 Å². The molecular formula is C15H21BrO2. The fraction of sp³-hybridized carbons (Fsp3) is 0.600. The second kappa shape index (κ2) is 6.58. The molecule has 2 rings (SSSR count). The lowest BCUT2D eigenvalue weighted by Gasteiger charge is -2.26. The number of ether oxygens (including phenoxy) is 2. The van der Waals surface area contributed by atoms with Crippen LogP contribution in [-0.4, -0.2) is 13.2 Å². The topological polar surface area (TPSA) is 18.5 Å². The molecule has 2 unspecified atom stereocenters. The van der Waals surface area contributed by atoms with E-state index in [-0.39, 0.29) is 0 Å². The van der Waals surface area contributed by atoms with E-state index in [0.29, 0.717) is 12.7 Å². The Kier molecular flexibility index (Phi) is 5.07. The predicted molar refractivity (Wildman–Crippen MR) is 76.9 cm³/mol. The van der Waals surface area contributed by atoms with Crippen LogP contribution in [0.1, 0.15) is 38.2 Å². The molecule has 0 aliphatic heterocycles. The first-order valence-corrected chi connectivity index (χ1v) is 7.42. The predicted octanol–water partition coefficient (Wildman–Crippen LogP) is 4.55. The molecule has 2 atom stereocenters. The van der Waals surface area contributed by atoms with Gasteiger partial charge in [0.15, 0.2) is 0 Å². The van der Waals surface area contributed by atoms with Gasteiger partial charge in [-0.15, -0.1) is 0 Å². The van der Waals surface area contributed by atoms with Crippen molar-refractivity contribution in [3.8, 4) is 5.75 Å². The van der Waals surface area contributed by atoms with Crippen LogP contribution in [0.25, 0.3) is 0 Å². The minimum Gasteiger partial charge on any atom is -0.496 e. The van der Waals surface area contributed by atoms with E-state index < -0.39 is 0 Å². The van der Waals surface area contributed by atoms with Crippen molar-refractivity contribution in [3.63, 3.8) is 0 Å². The van der Waals surface area contributed by atoms with E-state index in [0.717, 1.165) is 16.1 Å². The van der Waals surface area contributed by atoms with Gasteiger partial charge in [-0.2, -0.15) is 0 Å². The van der Waals surface area contributed by atoms with Gasteiger partial charge in [-0.1, -0.05) is 25.8 Å². The molecule has 0 radical (unpaired) electrons. The summed E-state index contributed by atoms with van der Waals surface area (Å²) in [6.45, 7) is 3.01. The third kappa shape index (κ3) is 3.72. The molecule has 3 heteroatoms. The fourth-order valence-corrected chi connectivity index (χ4v) is 3.13. The maximum Gasteiger partial charge on any atom is 0.133 e. The van der Waals surface area contributed by atoms with E-state index in [9.17, 15) is 0 Å². The smallest absolute Gasteiger partial charge is 0.133 e. The van der Waals surface area contributed by atoms with Crippen LogP contribution >= 0.6 is 15.9 Å². The fourth-order valence-electron chi connectivity index (χ4n) is 2.54. The van der Waals surface area contributed by atoms with Crippen LogP contribution in [0.5, 0.6) is 5.75 Å². The van der Waals surface area contributed by atoms with Crippen LogP contribution in [0.3, 0.4) is 0 Å². The standard InChI is InChI=1S/C15H21BrO2/c1-11-4-3-5-13(8-11)18-10-12-6-7-15(17-2)14(16)9-12/h6-7,9,11,13H,3-5,8,10H2,1-2H3. The summed E-state index contributed by atoms with van der Waals surface area (Å²) >= 11 is 3.50. The summed E-state index contributed by atoms with van der Waals surface area (Å²) in [5, 5.41) is 0. The van der Waals surface area contributed by atoms with Crippen molar-refractivity contribution in [1.82, 2.24) is 0 Å². The van der Waals surface area contributed by atoms with E-state index >= 15 is 0 Å². The summed E-state index contributed by atoms with van der Waals surface area (Å²) in [7, 11) is 1.68. The van der Waals surface area contributed by atoms with E-state index in [4.69, 9.17) is 9.47 Å². The van der Waals surface area contributed by atoms with Gasteiger partial charge in [0.2, 0.25) is 0 Å². The van der Waals surface area contributed by atoms with Gasteiger partial charge in [0.25, 0.3) is 0 Å². The van der Waals surface area contributed by atoms with Crippen LogP contribution in [-0.2, 0) is 11.3 Å². The van der Waals surface area contributed by atoms with Crippen molar-refractivity contribution in [2.75, 3.05) is 7.11 Å². The van der Waals surface area contributed by atoms with Gasteiger partial charge in [0.1, 0.15) is 5.75 Å². The van der Waals surface area contributed by atoms with Crippen molar-refractivity contribution in [3.05, 3.63) is 28.2 Å². The van der Waals surface area contributed by atoms with E-state index in [1.165, 1.54) is 31.2 Å². The number of hydrogen-bond donors (Lipinski definition) is 0. The Morgan fingerprint density at radius 3 is 2.83 bits per heavy atom. The van der Waals surface area contributed by atoms with Crippen LogP contribution < -0.4 is 4.74 Å². The van der Waals surface area contributed by atoms with Crippen LogP contribution in [0.15, 0.2) is 22.7 Å². The minimum absolute atomic E-state index is 0.439. The third-order valence-electron chi connectivity index (χ3n) is 3.59. The van der Waals surface area contributed by atoms with E-state index in [1.54, 1.807) is 7.11 Å². The quantitative estimate of drug-likeness (QED) is 0.811. The number of methoxy groups -OCH3 is 1. The summed E-state index contributed by atoms with van der Waals surface area (Å²) in [5.41, 5.74) is 1.20. The Bertz CT molecular complexity index is 392. The zero-order valence-corrected chi connectivity index (χ0v) is 12.7. The molecule has 0 saturated heterocycles. The number of rotatable bonds is 4. The molecule has 1 aliphatic rings. The summed E-state index contributed by atoms with van der Waals surface area (Å²) in [4.78, 5) is 0. The largest absolute Gasteiger partial charge is 0.496 e. The Hall–Kier alpha value is -0.540. The summed E-state index contributed by atoms with van der Waals surface area (Å²) in [6, 6.07) is 6.12. The lowest BCUT2D eigenvalue weighted by atomic mass is 9.89. The Morgan fingerprint density at radius 1 is 1.33 bits per heavy atom. The Morgan fingerprint density at radius 2 is 2.17 bits per heavy atom. The Labute approximate surface area is 118 Å². The first-order chi connectivity index (χ1) is 8.69. The van der Waals surface area contributed by atoms with Gasteiger partial charge < -0.3 is 9.47 Å². The maximum atomic E-state index is 6.01. The number of halogens is 1. The van der Waals surface area contributed by atoms with Gasteiger partial charge in [-0.05, 0) is 52.4 Å². The van der Waals surface area contributed by atoms with Crippen molar-refractivity contribution in [1.29, 1.82) is 0 Å². The monoisotopic (exact) mass is 312 g/mol. The Balaban J connectivity index is 1.88. The van der Waals surface area contributed by atoms with Gasteiger partial charge in [0, 0.05) is 0 Å². The summed E-state index contributed by atoms with van der Waals surface area (Å²) < 4.78 is 12.2. The second-order valence-electron chi connectivity index (χ2n) is 5.17. The molecule has 2 nitrogen and oxygen atoms in total. The highest BCUT2D eigenvalue weighted by Gasteiger charge is 2.19. The molecule has 100 valence electrons. The number of hydrogen-bond acceptors (Lipinski definition) is 2. The van der Waals surface area contributed by atoms with Crippen LogP contribution in [0, 0.1) is 5.92 Å². The summed E-state index contributed by atoms with van der Waals surface area (Å²) in [5.74, 6) is 1.68. The zero-order valence-electron chi connectivity index (χ0n) is 11.1. The van der Waals surface area contributed by atoms with Crippen LogP contribution in [0.4, 0.5) is 0 Å². The molecule has 0 amide bonds. The summed E-state index contributed by atoms with van der Waals surface area (Å²) in [6.07, 6.45) is 5.51. The van der Waals surface area contributed by atoms with E-state index in [2.05, 4.69) is 35.0 Å². The number of benzene rings is 1. The maximum absolute atomic E-state index is 6.01. The van der Waals surface area contributed by atoms with Crippen molar-refractivity contribution < 1.29 is 9.47 Å². The first-order valence-electron chi connectivity index (χ1n) is 6.63. The van der Waals surface area contributed by atoms with Gasteiger partial charge in [-0.3, -0.25) is 0 Å². The second-order valence-corrected chi connectivity index (χ2v) is 6.03. The molecule has 0 N–H and O–H groups in total. The molecule has 1 saturated carbocycles. The lowest BCUT2D eigenvalue weighted by molar-refractivity contribution is 0.00464. The third-order valence-corrected chi connectivity index (χ3v) is 4.21. The zero-order chi connectivity index (χ0) is 13.0. The SMILES string of the molecule is COc1ccc(COC2CCCC(C)C2)cc1Br. The van der Waals surface area contributed by atoms with E-state index in [1.807, 2.05) is 6.07 Å². The molecule has 1 aromatic carbocycles. The minimum atomic E-state index is 0.439. The molecular weight excluding hydrogens is 292 g/mol. The highest BCUT2D eigenvalue weighted by atomic mass is 79.9. The molecule has 0 bridgehead atoms. The first kappa shape index (κ1) is 13.9. The van der Waals surface area contributed by atoms with Crippen molar-refractivity contribution >= 4 is 15.9 Å². The van der Waals surface area contributed by atoms with Crippen molar-refractivity contribution in [2.45, 2.75) is 45.3 Å². The normalized spacial score (nSPS) is 23.9.